The number of benzene rings is 1. The number of nitrogens with zero attached hydrogens (tertiary/aromatic N) is 3. The molecule has 0 unspecified atom stereocenters. The van der Waals surface area contributed by atoms with Gasteiger partial charge in [-0.25, -0.2) is 14.5 Å². The van der Waals surface area contributed by atoms with Crippen molar-refractivity contribution < 1.29 is 9.90 Å². The normalized spacial score (nSPS) is 10.0. The molecule has 3 rings (SSSR count). The van der Waals surface area contributed by atoms with Crippen molar-refractivity contribution in [3.8, 4) is 5.82 Å². The summed E-state index contributed by atoms with van der Waals surface area (Å²) in [5.41, 5.74) is 1.27. The van der Waals surface area contributed by atoms with Gasteiger partial charge in [0.2, 0.25) is 0 Å². The predicted octanol–water partition coefficient (Wildman–Crippen LogP) is 5.03. The summed E-state index contributed by atoms with van der Waals surface area (Å²) in [5, 5.41) is 13.5. The third-order valence-corrected chi connectivity index (χ3v) is 3.70. The Morgan fingerprint density at radius 2 is 1.88 bits per heavy atom. The molecule has 0 bridgehead atoms. The number of aromatic carboxylic acids is 1. The van der Waals surface area contributed by atoms with Gasteiger partial charge in [-0.1, -0.05) is 59.1 Å². The Labute approximate surface area is 157 Å². The molecule has 0 spiro atoms. The van der Waals surface area contributed by atoms with Crippen molar-refractivity contribution in [2.45, 2.75) is 6.92 Å². The van der Waals surface area contributed by atoms with E-state index in [-0.39, 0.29) is 16.5 Å². The van der Waals surface area contributed by atoms with Crippen molar-refractivity contribution in [1.82, 2.24) is 14.8 Å². The number of hydrogen-bond donors (Lipinski definition) is 1. The number of rotatable bonds is 2. The fourth-order valence-corrected chi connectivity index (χ4v) is 2.60. The minimum absolute atomic E-state index is 0.0476. The molecule has 0 radical (unpaired) electrons. The van der Waals surface area contributed by atoms with Crippen LogP contribution >= 0.6 is 39.1 Å². The van der Waals surface area contributed by atoms with E-state index in [1.54, 1.807) is 0 Å². The van der Waals surface area contributed by atoms with Gasteiger partial charge in [-0.2, -0.15) is 5.10 Å². The van der Waals surface area contributed by atoms with E-state index in [4.69, 9.17) is 28.3 Å². The van der Waals surface area contributed by atoms with Crippen LogP contribution < -0.4 is 0 Å². The molecule has 2 aromatic heterocycles. The quantitative estimate of drug-likeness (QED) is 0.621. The van der Waals surface area contributed by atoms with E-state index < -0.39 is 5.97 Å². The van der Waals surface area contributed by atoms with Crippen LogP contribution in [0.15, 0.2) is 53.3 Å². The molecule has 5 nitrogen and oxygen atoms in total. The molecule has 0 amide bonds. The first-order chi connectivity index (χ1) is 11.4. The molecule has 2 heterocycles. The zero-order chi connectivity index (χ0) is 17.7. The number of halogens is 3. The number of pyridine rings is 1. The maximum absolute atomic E-state index is 11.0. The largest absolute Gasteiger partial charge is 0.477 e. The number of carboxylic acids is 1. The summed E-state index contributed by atoms with van der Waals surface area (Å²) in [7, 11) is 0. The SMILES string of the molecule is Cc1ccccc1.O=C(O)c1cc(Br)nn1-c1ncc(Cl)cc1Cl. The highest BCUT2D eigenvalue weighted by atomic mass is 79.9. The predicted molar refractivity (Wildman–Crippen MR) is 97.2 cm³/mol. The minimum atomic E-state index is -1.13. The fraction of sp³-hybridized carbons (Fsp3) is 0.0625. The van der Waals surface area contributed by atoms with Gasteiger partial charge in [-0.05, 0) is 28.9 Å². The van der Waals surface area contributed by atoms with E-state index in [1.807, 2.05) is 18.2 Å². The zero-order valence-electron chi connectivity index (χ0n) is 12.4. The molecule has 3 aromatic rings. The second kappa shape index (κ2) is 8.28. The maximum atomic E-state index is 11.0. The number of aryl methyl sites for hydroxylation is 1. The molecular formula is C16H12BrCl2N3O2. The molecule has 0 aliphatic heterocycles. The van der Waals surface area contributed by atoms with Crippen LogP contribution in [0.2, 0.25) is 10.0 Å². The third-order valence-electron chi connectivity index (χ3n) is 2.83. The number of carboxylic acid groups (broad SMARTS) is 1. The molecule has 1 aromatic carbocycles. The summed E-state index contributed by atoms with van der Waals surface area (Å²) in [4.78, 5) is 15.0. The Morgan fingerprint density at radius 3 is 2.38 bits per heavy atom. The number of aromatic nitrogens is 3. The Hall–Kier alpha value is -1.89. The fourth-order valence-electron chi connectivity index (χ4n) is 1.76. The Kier molecular flexibility index (Phi) is 6.36. The highest BCUT2D eigenvalue weighted by molar-refractivity contribution is 9.10. The van der Waals surface area contributed by atoms with E-state index in [0.717, 1.165) is 4.68 Å². The molecule has 24 heavy (non-hydrogen) atoms. The van der Waals surface area contributed by atoms with Gasteiger partial charge >= 0.3 is 5.97 Å². The second-order valence-electron chi connectivity index (χ2n) is 4.68. The molecule has 0 aliphatic carbocycles. The van der Waals surface area contributed by atoms with Crippen LogP contribution in [0, 0.1) is 6.92 Å². The monoisotopic (exact) mass is 427 g/mol. The van der Waals surface area contributed by atoms with Crippen molar-refractivity contribution >= 4 is 45.1 Å². The van der Waals surface area contributed by atoms with Crippen LogP contribution in [0.3, 0.4) is 0 Å². The Morgan fingerprint density at radius 1 is 1.21 bits per heavy atom. The molecule has 0 atom stereocenters. The van der Waals surface area contributed by atoms with Gasteiger partial charge < -0.3 is 5.11 Å². The molecule has 0 aliphatic rings. The third kappa shape index (κ3) is 4.80. The molecule has 0 fully saturated rings. The van der Waals surface area contributed by atoms with E-state index in [2.05, 4.69) is 45.1 Å². The summed E-state index contributed by atoms with van der Waals surface area (Å²) >= 11 is 14.7. The highest BCUT2D eigenvalue weighted by Crippen LogP contribution is 2.24. The first-order valence-electron chi connectivity index (χ1n) is 6.70. The van der Waals surface area contributed by atoms with Crippen molar-refractivity contribution in [2.75, 3.05) is 0 Å². The van der Waals surface area contributed by atoms with Crippen molar-refractivity contribution in [3.63, 3.8) is 0 Å². The van der Waals surface area contributed by atoms with Crippen molar-refractivity contribution in [1.29, 1.82) is 0 Å². The van der Waals surface area contributed by atoms with E-state index in [0.29, 0.717) is 9.63 Å². The van der Waals surface area contributed by atoms with Gasteiger partial charge in [0.25, 0.3) is 0 Å². The van der Waals surface area contributed by atoms with Crippen molar-refractivity contribution in [2.24, 2.45) is 0 Å². The van der Waals surface area contributed by atoms with Crippen LogP contribution in [-0.2, 0) is 0 Å². The van der Waals surface area contributed by atoms with Crippen LogP contribution in [-0.4, -0.2) is 25.8 Å². The van der Waals surface area contributed by atoms with Crippen molar-refractivity contribution in [3.05, 3.63) is 74.6 Å². The first kappa shape index (κ1) is 18.4. The summed E-state index contributed by atoms with van der Waals surface area (Å²) in [6.45, 7) is 2.08. The van der Waals surface area contributed by atoms with Gasteiger partial charge in [0.05, 0.1) is 10.0 Å². The summed E-state index contributed by atoms with van der Waals surface area (Å²) in [6, 6.07) is 13.1. The van der Waals surface area contributed by atoms with Crippen LogP contribution in [0.5, 0.6) is 0 Å². The number of hydrogen-bond acceptors (Lipinski definition) is 3. The summed E-state index contributed by atoms with van der Waals surface area (Å²) in [5.74, 6) is -0.921. The smallest absolute Gasteiger partial charge is 0.354 e. The molecule has 0 saturated heterocycles. The number of carbonyl (C=O) groups is 1. The lowest BCUT2D eigenvalue weighted by molar-refractivity contribution is 0.0687. The van der Waals surface area contributed by atoms with Gasteiger partial charge in [-0.15, -0.1) is 0 Å². The molecular weight excluding hydrogens is 417 g/mol. The Bertz CT molecular complexity index is 854. The average Bonchev–Trinajstić information content (AvgIpc) is 2.90. The van der Waals surface area contributed by atoms with E-state index >= 15 is 0 Å². The van der Waals surface area contributed by atoms with Gasteiger partial charge in [-0.3, -0.25) is 0 Å². The lowest BCUT2D eigenvalue weighted by Gasteiger charge is -2.05. The first-order valence-corrected chi connectivity index (χ1v) is 8.25. The lowest BCUT2D eigenvalue weighted by atomic mass is 10.2. The zero-order valence-corrected chi connectivity index (χ0v) is 15.5. The Balaban J connectivity index is 0.000000249. The summed E-state index contributed by atoms with van der Waals surface area (Å²) < 4.78 is 1.51. The molecule has 1 N–H and O–H groups in total. The van der Waals surface area contributed by atoms with E-state index in [1.165, 1.54) is 23.9 Å². The highest BCUT2D eigenvalue weighted by Gasteiger charge is 2.17. The van der Waals surface area contributed by atoms with Gasteiger partial charge in [0.15, 0.2) is 11.5 Å². The van der Waals surface area contributed by atoms with E-state index in [9.17, 15) is 4.79 Å². The topological polar surface area (TPSA) is 68.0 Å². The van der Waals surface area contributed by atoms with Crippen LogP contribution in [0.4, 0.5) is 0 Å². The second-order valence-corrected chi connectivity index (χ2v) is 6.34. The van der Waals surface area contributed by atoms with Gasteiger partial charge in [0.1, 0.15) is 4.60 Å². The average molecular weight is 429 g/mol. The standard InChI is InChI=1S/C9H4BrCl2N3O2.C7H8/c10-7-2-6(9(16)17)15(14-7)8-5(12)1-4(11)3-13-8;1-7-5-3-2-4-6-7/h1-3H,(H,16,17);2-6H,1H3. The molecule has 124 valence electrons. The minimum Gasteiger partial charge on any atom is -0.477 e. The van der Waals surface area contributed by atoms with Crippen LogP contribution in [0.25, 0.3) is 5.82 Å². The lowest BCUT2D eigenvalue weighted by Crippen LogP contribution is -2.09. The summed E-state index contributed by atoms with van der Waals surface area (Å²) in [6.07, 6.45) is 1.37. The molecule has 0 saturated carbocycles. The maximum Gasteiger partial charge on any atom is 0.354 e. The van der Waals surface area contributed by atoms with Crippen LogP contribution in [0.1, 0.15) is 16.1 Å². The molecule has 8 heteroatoms. The van der Waals surface area contributed by atoms with Gasteiger partial charge in [0, 0.05) is 12.3 Å².